The number of rotatable bonds is 1. The zero-order valence-electron chi connectivity index (χ0n) is 5.50. The standard InChI is InChI=1S/C8H10O/c1-9-8-3-2-6-4-7(6)5-8/h2-3,5-7H,4H2,1H3. The summed E-state index contributed by atoms with van der Waals surface area (Å²) in [5, 5.41) is 0. The Balaban J connectivity index is 2.16. The van der Waals surface area contributed by atoms with Gasteiger partial charge in [-0.1, -0.05) is 6.08 Å². The number of hydrogen-bond acceptors (Lipinski definition) is 1. The molecule has 0 saturated heterocycles. The van der Waals surface area contributed by atoms with Crippen molar-refractivity contribution in [2.45, 2.75) is 6.42 Å². The van der Waals surface area contributed by atoms with Crippen LogP contribution in [0.5, 0.6) is 0 Å². The number of ether oxygens (including phenoxy) is 1. The molecule has 0 aliphatic heterocycles. The van der Waals surface area contributed by atoms with Crippen molar-refractivity contribution >= 4 is 0 Å². The maximum Gasteiger partial charge on any atom is 0.114 e. The molecule has 0 amide bonds. The highest BCUT2D eigenvalue weighted by atomic mass is 16.5. The molecule has 0 radical (unpaired) electrons. The third kappa shape index (κ3) is 0.766. The normalized spacial score (nSPS) is 37.2. The lowest BCUT2D eigenvalue weighted by molar-refractivity contribution is 0.303. The first-order valence-electron chi connectivity index (χ1n) is 3.34. The highest BCUT2D eigenvalue weighted by Gasteiger charge is 2.35. The fraction of sp³-hybridized carbons (Fsp3) is 0.500. The maximum atomic E-state index is 5.06. The minimum atomic E-state index is 0.810. The number of allylic oxidation sites excluding steroid dienone is 3. The zero-order valence-corrected chi connectivity index (χ0v) is 5.50. The molecule has 1 nitrogen and oxygen atoms in total. The van der Waals surface area contributed by atoms with Crippen molar-refractivity contribution in [1.29, 1.82) is 0 Å². The number of fused-ring (bicyclic) bond motifs is 1. The molecule has 0 aromatic heterocycles. The molecule has 2 unspecified atom stereocenters. The Morgan fingerprint density at radius 3 is 3.11 bits per heavy atom. The maximum absolute atomic E-state index is 5.06. The molecular weight excluding hydrogens is 112 g/mol. The summed E-state index contributed by atoms with van der Waals surface area (Å²) in [5.74, 6) is 2.70. The summed E-state index contributed by atoms with van der Waals surface area (Å²) >= 11 is 0. The van der Waals surface area contributed by atoms with Gasteiger partial charge in [-0.3, -0.25) is 0 Å². The summed E-state index contributed by atoms with van der Waals surface area (Å²) in [5.41, 5.74) is 0. The van der Waals surface area contributed by atoms with E-state index in [0.717, 1.165) is 17.6 Å². The highest BCUT2D eigenvalue weighted by Crippen LogP contribution is 2.44. The van der Waals surface area contributed by atoms with E-state index in [1.807, 2.05) is 0 Å². The lowest BCUT2D eigenvalue weighted by atomic mass is 10.2. The van der Waals surface area contributed by atoms with Gasteiger partial charge in [0.15, 0.2) is 0 Å². The molecule has 2 rings (SSSR count). The van der Waals surface area contributed by atoms with Crippen LogP contribution in [-0.4, -0.2) is 7.11 Å². The Kier molecular flexibility index (Phi) is 0.922. The molecule has 0 spiro atoms. The van der Waals surface area contributed by atoms with Crippen LogP contribution >= 0.6 is 0 Å². The van der Waals surface area contributed by atoms with E-state index >= 15 is 0 Å². The van der Waals surface area contributed by atoms with Gasteiger partial charge in [0, 0.05) is 0 Å². The Morgan fingerprint density at radius 1 is 1.56 bits per heavy atom. The van der Waals surface area contributed by atoms with E-state index in [2.05, 4.69) is 18.2 Å². The average molecular weight is 122 g/mol. The lowest BCUT2D eigenvalue weighted by Gasteiger charge is -2.02. The van der Waals surface area contributed by atoms with Crippen LogP contribution in [0.2, 0.25) is 0 Å². The summed E-state index contributed by atoms with van der Waals surface area (Å²) in [6.07, 6.45) is 7.85. The van der Waals surface area contributed by atoms with E-state index in [1.54, 1.807) is 7.11 Å². The van der Waals surface area contributed by atoms with E-state index < -0.39 is 0 Å². The molecule has 2 aliphatic rings. The van der Waals surface area contributed by atoms with Gasteiger partial charge in [0.1, 0.15) is 5.76 Å². The largest absolute Gasteiger partial charge is 0.497 e. The summed E-state index contributed by atoms with van der Waals surface area (Å²) in [6, 6.07) is 0. The van der Waals surface area contributed by atoms with E-state index in [9.17, 15) is 0 Å². The highest BCUT2D eigenvalue weighted by molar-refractivity contribution is 5.26. The molecular formula is C8H10O. The molecule has 2 atom stereocenters. The predicted molar refractivity (Wildman–Crippen MR) is 35.8 cm³/mol. The van der Waals surface area contributed by atoms with Crippen LogP contribution in [0.4, 0.5) is 0 Å². The van der Waals surface area contributed by atoms with E-state index in [0.29, 0.717) is 0 Å². The van der Waals surface area contributed by atoms with E-state index in [1.165, 1.54) is 6.42 Å². The molecule has 1 saturated carbocycles. The molecule has 9 heavy (non-hydrogen) atoms. The molecule has 0 aromatic rings. The van der Waals surface area contributed by atoms with Gasteiger partial charge in [-0.2, -0.15) is 0 Å². The van der Waals surface area contributed by atoms with Gasteiger partial charge in [-0.15, -0.1) is 0 Å². The molecule has 1 fully saturated rings. The van der Waals surface area contributed by atoms with Gasteiger partial charge >= 0.3 is 0 Å². The summed E-state index contributed by atoms with van der Waals surface area (Å²) in [6.45, 7) is 0. The number of methoxy groups -OCH3 is 1. The van der Waals surface area contributed by atoms with Gasteiger partial charge in [0.25, 0.3) is 0 Å². The first-order chi connectivity index (χ1) is 4.40. The average Bonchev–Trinajstić information content (AvgIpc) is 2.64. The minimum Gasteiger partial charge on any atom is -0.497 e. The van der Waals surface area contributed by atoms with Gasteiger partial charge in [0.05, 0.1) is 7.11 Å². The van der Waals surface area contributed by atoms with Crippen LogP contribution in [0.15, 0.2) is 24.0 Å². The summed E-state index contributed by atoms with van der Waals surface area (Å²) in [7, 11) is 1.72. The smallest absolute Gasteiger partial charge is 0.114 e. The molecule has 48 valence electrons. The van der Waals surface area contributed by atoms with Gasteiger partial charge < -0.3 is 4.74 Å². The van der Waals surface area contributed by atoms with Crippen LogP contribution in [-0.2, 0) is 4.74 Å². The summed E-state index contributed by atoms with van der Waals surface area (Å²) in [4.78, 5) is 0. The lowest BCUT2D eigenvalue weighted by Crippen LogP contribution is -1.88. The molecule has 0 bridgehead atoms. The van der Waals surface area contributed by atoms with E-state index in [4.69, 9.17) is 4.74 Å². The van der Waals surface area contributed by atoms with Crippen molar-refractivity contribution in [1.82, 2.24) is 0 Å². The quantitative estimate of drug-likeness (QED) is 0.514. The van der Waals surface area contributed by atoms with Crippen LogP contribution in [0.25, 0.3) is 0 Å². The van der Waals surface area contributed by atoms with Crippen molar-refractivity contribution in [3.8, 4) is 0 Å². The third-order valence-corrected chi connectivity index (χ3v) is 2.01. The molecule has 0 aromatic carbocycles. The predicted octanol–water partition coefficient (Wildman–Crippen LogP) is 1.72. The Hall–Kier alpha value is -0.720. The fourth-order valence-corrected chi connectivity index (χ4v) is 1.27. The topological polar surface area (TPSA) is 9.23 Å². The van der Waals surface area contributed by atoms with Crippen LogP contribution in [0.3, 0.4) is 0 Å². The summed E-state index contributed by atoms with van der Waals surface area (Å²) < 4.78 is 5.06. The number of hydrogen-bond donors (Lipinski definition) is 0. The van der Waals surface area contributed by atoms with Gasteiger partial charge in [0.2, 0.25) is 0 Å². The zero-order chi connectivity index (χ0) is 6.27. The van der Waals surface area contributed by atoms with Crippen LogP contribution < -0.4 is 0 Å². The van der Waals surface area contributed by atoms with Crippen molar-refractivity contribution in [3.05, 3.63) is 24.0 Å². The van der Waals surface area contributed by atoms with Gasteiger partial charge in [-0.25, -0.2) is 0 Å². The van der Waals surface area contributed by atoms with E-state index in [-0.39, 0.29) is 0 Å². The molecule has 0 heterocycles. The van der Waals surface area contributed by atoms with Crippen molar-refractivity contribution < 1.29 is 4.74 Å². The second kappa shape index (κ2) is 1.63. The SMILES string of the molecule is COC1=CC2CC2C=C1. The van der Waals surface area contributed by atoms with Crippen molar-refractivity contribution in [2.24, 2.45) is 11.8 Å². The second-order valence-corrected chi connectivity index (χ2v) is 2.70. The first-order valence-corrected chi connectivity index (χ1v) is 3.34. The van der Waals surface area contributed by atoms with Crippen LogP contribution in [0.1, 0.15) is 6.42 Å². The third-order valence-electron chi connectivity index (χ3n) is 2.01. The van der Waals surface area contributed by atoms with Crippen molar-refractivity contribution in [3.63, 3.8) is 0 Å². The second-order valence-electron chi connectivity index (χ2n) is 2.70. The van der Waals surface area contributed by atoms with Crippen molar-refractivity contribution in [2.75, 3.05) is 7.11 Å². The molecule has 1 heteroatoms. The first kappa shape index (κ1) is 5.10. The molecule has 0 N–H and O–H groups in total. The fourth-order valence-electron chi connectivity index (χ4n) is 1.27. The van der Waals surface area contributed by atoms with Gasteiger partial charge in [-0.05, 0) is 30.4 Å². The monoisotopic (exact) mass is 122 g/mol. The minimum absolute atomic E-state index is 0.810. The Bertz CT molecular complexity index is 179. The van der Waals surface area contributed by atoms with Crippen LogP contribution in [0, 0.1) is 11.8 Å². The molecule has 2 aliphatic carbocycles. The Labute approximate surface area is 55.0 Å². The Morgan fingerprint density at radius 2 is 2.44 bits per heavy atom.